The summed E-state index contributed by atoms with van der Waals surface area (Å²) in [6, 6.07) is 0. The molecule has 0 heterocycles. The minimum Gasteiger partial charge on any atom is -1.00 e. The summed E-state index contributed by atoms with van der Waals surface area (Å²) < 4.78 is 29.0. The van der Waals surface area contributed by atoms with Crippen molar-refractivity contribution >= 4 is 53.8 Å². The van der Waals surface area contributed by atoms with Crippen LogP contribution in [-0.2, 0) is 14.9 Å². The van der Waals surface area contributed by atoms with E-state index >= 15 is 0 Å². The Morgan fingerprint density at radius 1 is 1.40 bits per heavy atom. The zero-order valence-electron chi connectivity index (χ0n) is 11.0. The van der Waals surface area contributed by atoms with E-state index in [0.717, 1.165) is 12.8 Å². The smallest absolute Gasteiger partial charge is 1.00 e. The Morgan fingerprint density at radius 2 is 2.00 bits per heavy atom. The second-order valence-corrected chi connectivity index (χ2v) is 4.67. The van der Waals surface area contributed by atoms with Crippen LogP contribution in [0.25, 0.3) is 0 Å². The molecule has 0 spiro atoms. The second kappa shape index (κ2) is 9.84. The number of hydrogen-bond donors (Lipinski definition) is 2. The summed E-state index contributed by atoms with van der Waals surface area (Å²) in [7, 11) is -3.89. The molecule has 7 heteroatoms. The minimum atomic E-state index is -3.89. The van der Waals surface area contributed by atoms with E-state index in [0.29, 0.717) is 13.0 Å². The zero-order valence-corrected chi connectivity index (χ0v) is 12.1. The van der Waals surface area contributed by atoms with Crippen molar-refractivity contribution in [2.24, 2.45) is 0 Å². The molecule has 0 aromatic rings. The van der Waals surface area contributed by atoms with Gasteiger partial charge in [0.15, 0.2) is 0 Å². The van der Waals surface area contributed by atoms with Gasteiger partial charge in [0.2, 0.25) is 5.91 Å². The Balaban J connectivity index is -0.000000282. The first kappa shape index (κ1) is 18.0. The first-order valence-corrected chi connectivity index (χ1v) is 6.28. The van der Waals surface area contributed by atoms with E-state index in [9.17, 15) is 13.2 Å². The van der Waals surface area contributed by atoms with Crippen LogP contribution >= 0.6 is 0 Å². The maximum absolute atomic E-state index is 11.0. The third kappa shape index (κ3) is 14.6. The SMILES string of the molecule is CCCCC(=O)NCCCS(=O)(=O)O.[Ca+2].[H-].[H-]. The van der Waals surface area contributed by atoms with Gasteiger partial charge in [-0.25, -0.2) is 0 Å². The largest absolute Gasteiger partial charge is 2.00 e. The van der Waals surface area contributed by atoms with Crippen LogP contribution in [0.4, 0.5) is 0 Å². The Labute approximate surface area is 124 Å². The topological polar surface area (TPSA) is 83.5 Å². The number of rotatable bonds is 7. The van der Waals surface area contributed by atoms with Gasteiger partial charge >= 0.3 is 37.7 Å². The van der Waals surface area contributed by atoms with Gasteiger partial charge < -0.3 is 8.17 Å². The second-order valence-electron chi connectivity index (χ2n) is 3.09. The molecule has 0 unspecified atom stereocenters. The van der Waals surface area contributed by atoms with Crippen molar-refractivity contribution in [2.45, 2.75) is 32.6 Å². The molecule has 0 bridgehead atoms. The van der Waals surface area contributed by atoms with Crippen LogP contribution in [0, 0.1) is 0 Å². The molecule has 0 aromatic carbocycles. The number of nitrogens with one attached hydrogen (secondary N) is 1. The van der Waals surface area contributed by atoms with E-state index in [2.05, 4.69) is 5.32 Å². The van der Waals surface area contributed by atoms with E-state index in [1.807, 2.05) is 6.92 Å². The molecular formula is C8H19CaNO4S. The number of carbonyl (C=O) groups excluding carboxylic acids is 1. The molecule has 0 aliphatic rings. The van der Waals surface area contributed by atoms with Crippen molar-refractivity contribution < 1.29 is 20.6 Å². The summed E-state index contributed by atoms with van der Waals surface area (Å²) in [4.78, 5) is 11.0. The molecule has 0 saturated carbocycles. The average Bonchev–Trinajstić information content (AvgIpc) is 2.07. The van der Waals surface area contributed by atoms with E-state index in [1.165, 1.54) is 0 Å². The molecule has 0 fully saturated rings. The van der Waals surface area contributed by atoms with Gasteiger partial charge in [0.1, 0.15) is 0 Å². The average molecular weight is 265 g/mol. The fourth-order valence-electron chi connectivity index (χ4n) is 0.908. The van der Waals surface area contributed by atoms with Crippen molar-refractivity contribution in [3.05, 3.63) is 0 Å². The Hall–Kier alpha value is 0.640. The molecule has 0 rings (SSSR count). The number of unbranched alkanes of at least 4 members (excludes halogenated alkanes) is 1. The van der Waals surface area contributed by atoms with Gasteiger partial charge in [-0.3, -0.25) is 9.35 Å². The van der Waals surface area contributed by atoms with Crippen LogP contribution in [0.5, 0.6) is 0 Å². The Bertz CT molecular complexity index is 275. The van der Waals surface area contributed by atoms with Crippen molar-refractivity contribution in [1.82, 2.24) is 5.32 Å². The molecule has 0 aliphatic heterocycles. The maximum Gasteiger partial charge on any atom is 2.00 e. The predicted molar refractivity (Wildman–Crippen MR) is 61.5 cm³/mol. The zero-order chi connectivity index (χ0) is 11.0. The predicted octanol–water partition coefficient (Wildman–Crippen LogP) is 0.415. The quantitative estimate of drug-likeness (QED) is 0.397. The van der Waals surface area contributed by atoms with Gasteiger partial charge in [-0.05, 0) is 12.8 Å². The first-order chi connectivity index (χ1) is 6.45. The molecule has 0 aromatic heterocycles. The summed E-state index contributed by atoms with van der Waals surface area (Å²) in [6.07, 6.45) is 2.52. The summed E-state index contributed by atoms with van der Waals surface area (Å²) >= 11 is 0. The molecule has 0 atom stereocenters. The fourth-order valence-corrected chi connectivity index (χ4v) is 1.42. The van der Waals surface area contributed by atoms with E-state index < -0.39 is 10.1 Å². The van der Waals surface area contributed by atoms with Gasteiger partial charge in [0.25, 0.3) is 10.1 Å². The Kier molecular flexibility index (Phi) is 11.8. The number of amides is 1. The van der Waals surface area contributed by atoms with Gasteiger partial charge in [0.05, 0.1) is 5.75 Å². The summed E-state index contributed by atoms with van der Waals surface area (Å²) in [6.45, 7) is 2.29. The number of carbonyl (C=O) groups is 1. The van der Waals surface area contributed by atoms with Gasteiger partial charge in [0, 0.05) is 13.0 Å². The standard InChI is InChI=1S/C8H17NO4S.Ca.2H/c1-2-3-5-8(10)9-6-4-7-14(11,12)13;;;/h2-7H2,1H3,(H,9,10)(H,11,12,13);;;/q;+2;2*-1. The van der Waals surface area contributed by atoms with Crippen LogP contribution in [0.1, 0.15) is 35.5 Å². The minimum absolute atomic E-state index is 0. The van der Waals surface area contributed by atoms with E-state index in [1.54, 1.807) is 0 Å². The van der Waals surface area contributed by atoms with Gasteiger partial charge in [-0.15, -0.1) is 0 Å². The maximum atomic E-state index is 11.0. The molecular weight excluding hydrogens is 246 g/mol. The van der Waals surface area contributed by atoms with Gasteiger partial charge in [-0.2, -0.15) is 8.42 Å². The normalized spacial score (nSPS) is 10.5. The summed E-state index contributed by atoms with van der Waals surface area (Å²) in [5, 5.41) is 2.58. The Morgan fingerprint density at radius 3 is 2.47 bits per heavy atom. The van der Waals surface area contributed by atoms with E-state index in [-0.39, 0.29) is 58.7 Å². The van der Waals surface area contributed by atoms with Crippen LogP contribution in [-0.4, -0.2) is 68.9 Å². The molecule has 2 N–H and O–H groups in total. The summed E-state index contributed by atoms with van der Waals surface area (Å²) in [5.74, 6) is -0.372. The van der Waals surface area contributed by atoms with Crippen molar-refractivity contribution in [3.8, 4) is 0 Å². The van der Waals surface area contributed by atoms with Crippen LogP contribution in [0.3, 0.4) is 0 Å². The molecule has 15 heavy (non-hydrogen) atoms. The van der Waals surface area contributed by atoms with Crippen molar-refractivity contribution in [3.63, 3.8) is 0 Å². The van der Waals surface area contributed by atoms with Crippen LogP contribution < -0.4 is 5.32 Å². The molecule has 1 amide bonds. The van der Waals surface area contributed by atoms with E-state index in [4.69, 9.17) is 4.55 Å². The molecule has 0 saturated heterocycles. The third-order valence-corrected chi connectivity index (χ3v) is 2.46. The van der Waals surface area contributed by atoms with Crippen LogP contribution in [0.2, 0.25) is 0 Å². The monoisotopic (exact) mass is 265 g/mol. The molecule has 5 nitrogen and oxygen atoms in total. The molecule has 0 radical (unpaired) electrons. The molecule has 0 aliphatic carbocycles. The summed E-state index contributed by atoms with van der Waals surface area (Å²) in [5.41, 5.74) is 0. The van der Waals surface area contributed by atoms with Crippen molar-refractivity contribution in [1.29, 1.82) is 0 Å². The first-order valence-electron chi connectivity index (χ1n) is 4.67. The fraction of sp³-hybridized carbons (Fsp3) is 0.875. The molecule has 88 valence electrons. The number of hydrogen-bond acceptors (Lipinski definition) is 3. The van der Waals surface area contributed by atoms with Crippen molar-refractivity contribution in [2.75, 3.05) is 12.3 Å². The third-order valence-electron chi connectivity index (χ3n) is 1.66. The van der Waals surface area contributed by atoms with Crippen LogP contribution in [0.15, 0.2) is 0 Å². The van der Waals surface area contributed by atoms with Gasteiger partial charge in [-0.1, -0.05) is 13.3 Å².